The van der Waals surface area contributed by atoms with Crippen LogP contribution in [0.4, 0.5) is 26.3 Å². The fourth-order valence-corrected chi connectivity index (χ4v) is 4.75. The Bertz CT molecular complexity index is 1020. The molecule has 2 aromatic carbocycles. The van der Waals surface area contributed by atoms with Crippen LogP contribution in [0.5, 0.6) is 0 Å². The summed E-state index contributed by atoms with van der Waals surface area (Å²) in [6.07, 6.45) is -7.77. The van der Waals surface area contributed by atoms with E-state index in [-0.39, 0.29) is 30.7 Å². The first-order chi connectivity index (χ1) is 18.0. The van der Waals surface area contributed by atoms with Crippen LogP contribution in [0.15, 0.2) is 48.5 Å². The molecule has 0 amide bonds. The summed E-state index contributed by atoms with van der Waals surface area (Å²) in [4.78, 5) is 12.8. The lowest BCUT2D eigenvalue weighted by molar-refractivity contribution is -0.140. The van der Waals surface area contributed by atoms with Crippen LogP contribution in [-0.4, -0.2) is 35.2 Å². The van der Waals surface area contributed by atoms with Crippen molar-refractivity contribution in [3.05, 3.63) is 70.8 Å². The third-order valence-electron chi connectivity index (χ3n) is 7.04. The van der Waals surface area contributed by atoms with Crippen LogP contribution in [0.3, 0.4) is 0 Å². The van der Waals surface area contributed by atoms with Crippen molar-refractivity contribution in [3.8, 4) is 0 Å². The first-order valence-corrected chi connectivity index (χ1v) is 13.3. The number of aryl methyl sites for hydroxylation is 1. The molecular formula is C30H39F6NO2. The van der Waals surface area contributed by atoms with Crippen LogP contribution >= 0.6 is 0 Å². The van der Waals surface area contributed by atoms with Gasteiger partial charge in [0.1, 0.15) is 0 Å². The summed E-state index contributed by atoms with van der Waals surface area (Å²) >= 11 is 0. The van der Waals surface area contributed by atoms with Crippen molar-refractivity contribution >= 4 is 5.97 Å². The molecule has 0 aliphatic carbocycles. The number of rotatable bonds is 7. The summed E-state index contributed by atoms with van der Waals surface area (Å²) in [7, 11) is 0. The standard InChI is InChI=1S/C18H21F6NO2.C12H18/c19-17(20,21)7-1-8-25-9-6-12(11-16(26)27)10-15(25)13-2-4-14(5-3-13)18(22,23)24;1-5-10-6-8-11(9-7-10)12(2,3)4/h2-5,12,15H,1,6-11H2,(H,26,27);6-9H,5H2,1-4H3. The van der Waals surface area contributed by atoms with E-state index in [1.807, 2.05) is 4.90 Å². The second kappa shape index (κ2) is 13.7. The van der Waals surface area contributed by atoms with Gasteiger partial charge in [-0.3, -0.25) is 9.69 Å². The molecule has 1 aliphatic rings. The van der Waals surface area contributed by atoms with Gasteiger partial charge in [-0.05, 0) is 78.9 Å². The average Bonchev–Trinajstić information content (AvgIpc) is 2.83. The zero-order valence-corrected chi connectivity index (χ0v) is 23.0. The lowest BCUT2D eigenvalue weighted by Gasteiger charge is -2.39. The molecule has 1 saturated heterocycles. The van der Waals surface area contributed by atoms with Crippen LogP contribution in [-0.2, 0) is 22.8 Å². The summed E-state index contributed by atoms with van der Waals surface area (Å²) in [6, 6.07) is 13.1. The Kier molecular flexibility index (Phi) is 11.5. The smallest absolute Gasteiger partial charge is 0.416 e. The minimum atomic E-state index is -4.47. The topological polar surface area (TPSA) is 40.5 Å². The van der Waals surface area contributed by atoms with Crippen LogP contribution in [0, 0.1) is 5.92 Å². The largest absolute Gasteiger partial charge is 0.481 e. The predicted octanol–water partition coefficient (Wildman–Crippen LogP) is 8.82. The lowest BCUT2D eigenvalue weighted by atomic mass is 9.85. The molecule has 0 aromatic heterocycles. The quantitative estimate of drug-likeness (QED) is 0.345. The summed E-state index contributed by atoms with van der Waals surface area (Å²) in [5, 5.41) is 8.98. The zero-order chi connectivity index (χ0) is 29.4. The first kappa shape index (κ1) is 32.7. The first-order valence-electron chi connectivity index (χ1n) is 13.3. The number of carbonyl (C=O) groups is 1. The molecule has 0 bridgehead atoms. The number of likely N-dealkylation sites (tertiary alicyclic amines) is 1. The van der Waals surface area contributed by atoms with Crippen molar-refractivity contribution < 1.29 is 36.2 Å². The fourth-order valence-electron chi connectivity index (χ4n) is 4.75. The van der Waals surface area contributed by atoms with E-state index in [0.29, 0.717) is 24.9 Å². The minimum absolute atomic E-state index is 0.0620. The molecule has 1 aliphatic heterocycles. The molecular weight excluding hydrogens is 520 g/mol. The molecule has 2 unspecified atom stereocenters. The lowest BCUT2D eigenvalue weighted by Crippen LogP contribution is -2.38. The number of aliphatic carboxylic acids is 1. The Morgan fingerprint density at radius 2 is 1.49 bits per heavy atom. The van der Waals surface area contributed by atoms with Crippen molar-refractivity contribution in [1.82, 2.24) is 4.90 Å². The number of carboxylic acid groups (broad SMARTS) is 1. The van der Waals surface area contributed by atoms with Gasteiger partial charge in [-0.15, -0.1) is 0 Å². The summed E-state index contributed by atoms with van der Waals surface area (Å²) in [6.45, 7) is 9.49. The van der Waals surface area contributed by atoms with Crippen LogP contribution < -0.4 is 0 Å². The van der Waals surface area contributed by atoms with E-state index in [1.165, 1.54) is 23.3 Å². The molecule has 1 fully saturated rings. The molecule has 3 nitrogen and oxygen atoms in total. The summed E-state index contributed by atoms with van der Waals surface area (Å²) < 4.78 is 75.4. The number of hydrogen-bond donors (Lipinski definition) is 1. The summed E-state index contributed by atoms with van der Waals surface area (Å²) in [5.74, 6) is -1.12. The van der Waals surface area contributed by atoms with Gasteiger partial charge in [0.25, 0.3) is 0 Å². The molecule has 0 spiro atoms. The average molecular weight is 560 g/mol. The van der Waals surface area contributed by atoms with Crippen LogP contribution in [0.25, 0.3) is 0 Å². The predicted molar refractivity (Wildman–Crippen MR) is 141 cm³/mol. The van der Waals surface area contributed by atoms with E-state index < -0.39 is 36.3 Å². The monoisotopic (exact) mass is 559 g/mol. The number of nitrogens with zero attached hydrogens (tertiary/aromatic N) is 1. The SMILES string of the molecule is CCc1ccc(C(C)(C)C)cc1.O=C(O)CC1CCN(CCCC(F)(F)F)C(c2ccc(C(F)(F)F)cc2)C1. The van der Waals surface area contributed by atoms with Gasteiger partial charge in [-0.1, -0.05) is 64.1 Å². The maximum Gasteiger partial charge on any atom is 0.416 e. The Morgan fingerprint density at radius 3 is 1.95 bits per heavy atom. The number of piperidine rings is 1. The van der Waals surface area contributed by atoms with Crippen molar-refractivity contribution in [2.75, 3.05) is 13.1 Å². The van der Waals surface area contributed by atoms with Gasteiger partial charge in [0.05, 0.1) is 5.56 Å². The van der Waals surface area contributed by atoms with Crippen LogP contribution in [0.1, 0.15) is 88.1 Å². The fraction of sp³-hybridized carbons (Fsp3) is 0.567. The Morgan fingerprint density at radius 1 is 0.923 bits per heavy atom. The van der Waals surface area contributed by atoms with Gasteiger partial charge >= 0.3 is 18.3 Å². The van der Waals surface area contributed by atoms with Gasteiger partial charge in [-0.25, -0.2) is 0 Å². The van der Waals surface area contributed by atoms with E-state index in [0.717, 1.165) is 18.6 Å². The highest BCUT2D eigenvalue weighted by Crippen LogP contribution is 2.38. The Hall–Kier alpha value is -2.55. The second-order valence-corrected chi connectivity index (χ2v) is 11.2. The van der Waals surface area contributed by atoms with E-state index in [1.54, 1.807) is 0 Å². The third-order valence-corrected chi connectivity index (χ3v) is 7.04. The van der Waals surface area contributed by atoms with Crippen molar-refractivity contribution in [1.29, 1.82) is 0 Å². The van der Waals surface area contributed by atoms with Crippen molar-refractivity contribution in [2.45, 2.75) is 90.0 Å². The highest BCUT2D eigenvalue weighted by molar-refractivity contribution is 5.67. The minimum Gasteiger partial charge on any atom is -0.481 e. The molecule has 1 N–H and O–H groups in total. The number of benzene rings is 2. The number of carboxylic acids is 1. The molecule has 9 heteroatoms. The zero-order valence-electron chi connectivity index (χ0n) is 23.0. The molecule has 1 heterocycles. The van der Waals surface area contributed by atoms with E-state index in [9.17, 15) is 31.1 Å². The molecule has 39 heavy (non-hydrogen) atoms. The molecule has 218 valence electrons. The normalized spacial score (nSPS) is 18.8. The molecule has 0 saturated carbocycles. The molecule has 3 rings (SSSR count). The number of alkyl halides is 6. The van der Waals surface area contributed by atoms with Gasteiger partial charge in [0.2, 0.25) is 0 Å². The molecule has 2 aromatic rings. The van der Waals surface area contributed by atoms with Crippen molar-refractivity contribution in [3.63, 3.8) is 0 Å². The van der Waals surface area contributed by atoms with Gasteiger partial charge in [0.15, 0.2) is 0 Å². The van der Waals surface area contributed by atoms with Crippen LogP contribution in [0.2, 0.25) is 0 Å². The van der Waals surface area contributed by atoms with E-state index in [4.69, 9.17) is 5.11 Å². The Labute approximate surface area is 227 Å². The highest BCUT2D eigenvalue weighted by atomic mass is 19.4. The van der Waals surface area contributed by atoms with E-state index >= 15 is 0 Å². The van der Waals surface area contributed by atoms with Crippen molar-refractivity contribution in [2.24, 2.45) is 5.92 Å². The number of hydrogen-bond acceptors (Lipinski definition) is 2. The third kappa shape index (κ3) is 11.2. The van der Waals surface area contributed by atoms with Gasteiger partial charge in [0, 0.05) is 18.9 Å². The summed E-state index contributed by atoms with van der Waals surface area (Å²) in [5.41, 5.74) is 2.88. The second-order valence-electron chi connectivity index (χ2n) is 11.2. The maximum absolute atomic E-state index is 12.7. The maximum atomic E-state index is 12.7. The molecule has 0 radical (unpaired) electrons. The molecule has 2 atom stereocenters. The number of halogens is 6. The highest BCUT2D eigenvalue weighted by Gasteiger charge is 2.34. The Balaban J connectivity index is 0.000000370. The van der Waals surface area contributed by atoms with Gasteiger partial charge in [-0.2, -0.15) is 26.3 Å². The van der Waals surface area contributed by atoms with Gasteiger partial charge < -0.3 is 5.11 Å². The van der Waals surface area contributed by atoms with E-state index in [2.05, 4.69) is 52.0 Å².